The lowest BCUT2D eigenvalue weighted by atomic mass is 10.2. The van der Waals surface area contributed by atoms with E-state index in [1.807, 2.05) is 0 Å². The van der Waals surface area contributed by atoms with Crippen molar-refractivity contribution < 1.29 is 14.3 Å². The Morgan fingerprint density at radius 1 is 1.20 bits per heavy atom. The fraction of sp³-hybridized carbons (Fsp3) is 0.0714. The molecule has 0 unspecified atom stereocenters. The molecule has 0 aromatic heterocycles. The van der Waals surface area contributed by atoms with Crippen molar-refractivity contribution in [2.24, 2.45) is 0 Å². The third kappa shape index (κ3) is 3.45. The van der Waals surface area contributed by atoms with Gasteiger partial charge in [-0.25, -0.2) is 9.18 Å². The molecule has 1 N–H and O–H groups in total. The van der Waals surface area contributed by atoms with Crippen molar-refractivity contribution in [3.8, 4) is 0 Å². The zero-order valence-electron chi connectivity index (χ0n) is 10.1. The molecule has 104 valence electrons. The summed E-state index contributed by atoms with van der Waals surface area (Å²) in [6.07, 6.45) is 0. The lowest BCUT2D eigenvalue weighted by Crippen LogP contribution is -1.97. The first-order valence-electron chi connectivity index (χ1n) is 5.57. The molecule has 2 aromatic rings. The molecule has 0 bridgehead atoms. The summed E-state index contributed by atoms with van der Waals surface area (Å²) in [5, 5.41) is 9.90. The van der Waals surface area contributed by atoms with Crippen LogP contribution in [0.5, 0.6) is 0 Å². The van der Waals surface area contributed by atoms with E-state index < -0.39 is 11.8 Å². The summed E-state index contributed by atoms with van der Waals surface area (Å²) in [5.41, 5.74) is 0.736. The number of carbonyl (C=O) groups is 1. The normalized spacial score (nSPS) is 10.6. The van der Waals surface area contributed by atoms with Gasteiger partial charge in [-0.3, -0.25) is 0 Å². The van der Waals surface area contributed by atoms with Crippen molar-refractivity contribution in [1.29, 1.82) is 0 Å². The maximum absolute atomic E-state index is 13.7. The van der Waals surface area contributed by atoms with Gasteiger partial charge in [-0.15, -0.1) is 11.8 Å². The monoisotopic (exact) mass is 330 g/mol. The van der Waals surface area contributed by atoms with Gasteiger partial charge in [0, 0.05) is 20.7 Å². The molecular weight excluding hydrogens is 322 g/mol. The van der Waals surface area contributed by atoms with Gasteiger partial charge < -0.3 is 5.11 Å². The Morgan fingerprint density at radius 2 is 1.85 bits per heavy atom. The summed E-state index contributed by atoms with van der Waals surface area (Å²) in [6, 6.07) is 8.79. The Hall–Kier alpha value is -1.23. The lowest BCUT2D eigenvalue weighted by molar-refractivity contribution is 0.0696. The number of halogens is 3. The summed E-state index contributed by atoms with van der Waals surface area (Å²) in [7, 11) is 0. The van der Waals surface area contributed by atoms with E-state index in [1.54, 1.807) is 18.2 Å². The van der Waals surface area contributed by atoms with Crippen LogP contribution in [0.4, 0.5) is 4.39 Å². The van der Waals surface area contributed by atoms with Crippen molar-refractivity contribution in [2.45, 2.75) is 10.6 Å². The fourth-order valence-corrected chi connectivity index (χ4v) is 3.28. The van der Waals surface area contributed by atoms with Gasteiger partial charge in [0.15, 0.2) is 0 Å². The molecule has 0 aliphatic heterocycles. The highest BCUT2D eigenvalue weighted by molar-refractivity contribution is 7.98. The highest BCUT2D eigenvalue weighted by atomic mass is 35.5. The molecule has 0 spiro atoms. The molecule has 0 fully saturated rings. The first-order valence-corrected chi connectivity index (χ1v) is 7.31. The van der Waals surface area contributed by atoms with Crippen LogP contribution >= 0.6 is 35.0 Å². The quantitative estimate of drug-likeness (QED) is 0.790. The molecule has 0 heterocycles. The molecular formula is C14H9Cl2FO2S. The van der Waals surface area contributed by atoms with E-state index in [0.29, 0.717) is 21.4 Å². The highest BCUT2D eigenvalue weighted by Gasteiger charge is 2.11. The lowest BCUT2D eigenvalue weighted by Gasteiger charge is -2.08. The topological polar surface area (TPSA) is 37.3 Å². The smallest absolute Gasteiger partial charge is 0.335 e. The van der Waals surface area contributed by atoms with Gasteiger partial charge in [0.2, 0.25) is 0 Å². The molecule has 0 aliphatic carbocycles. The van der Waals surface area contributed by atoms with E-state index in [4.69, 9.17) is 28.3 Å². The predicted molar refractivity (Wildman–Crippen MR) is 79.4 cm³/mol. The van der Waals surface area contributed by atoms with Crippen LogP contribution in [0.3, 0.4) is 0 Å². The van der Waals surface area contributed by atoms with Gasteiger partial charge in [0.1, 0.15) is 5.82 Å². The summed E-state index contributed by atoms with van der Waals surface area (Å²) in [5.74, 6) is -1.20. The number of benzene rings is 2. The molecule has 20 heavy (non-hydrogen) atoms. The number of hydrogen-bond acceptors (Lipinski definition) is 2. The highest BCUT2D eigenvalue weighted by Crippen LogP contribution is 2.32. The molecule has 0 radical (unpaired) electrons. The first-order chi connectivity index (χ1) is 9.49. The third-order valence-electron chi connectivity index (χ3n) is 2.61. The number of thioether (sulfide) groups is 1. The molecule has 6 heteroatoms. The number of rotatable bonds is 4. The molecule has 0 amide bonds. The minimum atomic E-state index is -1.09. The van der Waals surface area contributed by atoms with E-state index >= 15 is 0 Å². The van der Waals surface area contributed by atoms with Crippen LogP contribution in [0.25, 0.3) is 0 Å². The van der Waals surface area contributed by atoms with Crippen molar-refractivity contribution in [3.05, 3.63) is 63.4 Å². The molecule has 0 atom stereocenters. The molecule has 0 aliphatic rings. The van der Waals surface area contributed by atoms with E-state index in [1.165, 1.54) is 12.1 Å². The van der Waals surface area contributed by atoms with Crippen LogP contribution in [0.1, 0.15) is 15.9 Å². The molecule has 0 saturated carbocycles. The fourth-order valence-electron chi connectivity index (χ4n) is 1.57. The van der Waals surface area contributed by atoms with Crippen LogP contribution in [-0.2, 0) is 5.75 Å². The van der Waals surface area contributed by atoms with Gasteiger partial charge in [-0.05, 0) is 35.9 Å². The second kappa shape index (κ2) is 6.48. The van der Waals surface area contributed by atoms with E-state index in [9.17, 15) is 9.18 Å². The van der Waals surface area contributed by atoms with Crippen molar-refractivity contribution in [3.63, 3.8) is 0 Å². The predicted octanol–water partition coefficient (Wildman–Crippen LogP) is 5.12. The van der Waals surface area contributed by atoms with Crippen LogP contribution in [0, 0.1) is 5.82 Å². The standard InChI is InChI=1S/C14H9Cl2FO2S/c15-10-2-1-3-11(16)9(10)7-20-13-6-8(14(18)19)4-5-12(13)17/h1-6H,7H2,(H,18,19). The van der Waals surface area contributed by atoms with Gasteiger partial charge in [-0.1, -0.05) is 29.3 Å². The SMILES string of the molecule is O=C(O)c1ccc(F)c(SCc2c(Cl)cccc2Cl)c1. The zero-order chi connectivity index (χ0) is 14.7. The second-order valence-electron chi connectivity index (χ2n) is 3.94. The third-order valence-corrected chi connectivity index (χ3v) is 4.38. The minimum Gasteiger partial charge on any atom is -0.478 e. The van der Waals surface area contributed by atoms with Gasteiger partial charge in [0.25, 0.3) is 0 Å². The molecule has 0 saturated heterocycles. The van der Waals surface area contributed by atoms with Crippen molar-refractivity contribution in [2.75, 3.05) is 0 Å². The van der Waals surface area contributed by atoms with Crippen molar-refractivity contribution >= 4 is 40.9 Å². The second-order valence-corrected chi connectivity index (χ2v) is 5.77. The molecule has 2 aromatic carbocycles. The summed E-state index contributed by atoms with van der Waals surface area (Å²) in [4.78, 5) is 11.1. The number of carboxylic acids is 1. The van der Waals surface area contributed by atoms with Gasteiger partial charge >= 0.3 is 5.97 Å². The maximum Gasteiger partial charge on any atom is 0.335 e. The van der Waals surface area contributed by atoms with Crippen LogP contribution < -0.4 is 0 Å². The summed E-state index contributed by atoms with van der Waals surface area (Å²) >= 11 is 13.2. The summed E-state index contributed by atoms with van der Waals surface area (Å²) in [6.45, 7) is 0. The van der Waals surface area contributed by atoms with Crippen molar-refractivity contribution in [1.82, 2.24) is 0 Å². The number of hydrogen-bond donors (Lipinski definition) is 1. The maximum atomic E-state index is 13.7. The first kappa shape index (κ1) is 15.2. The van der Waals surface area contributed by atoms with E-state index in [-0.39, 0.29) is 10.5 Å². The average molecular weight is 331 g/mol. The Kier molecular flexibility index (Phi) is 4.91. The Balaban J connectivity index is 2.23. The van der Waals surface area contributed by atoms with Gasteiger partial charge in [0.05, 0.1) is 5.56 Å². The Labute approximate surface area is 129 Å². The summed E-state index contributed by atoms with van der Waals surface area (Å²) < 4.78 is 13.7. The van der Waals surface area contributed by atoms with Crippen LogP contribution in [0.2, 0.25) is 10.0 Å². The van der Waals surface area contributed by atoms with E-state index in [2.05, 4.69) is 0 Å². The van der Waals surface area contributed by atoms with E-state index in [0.717, 1.165) is 17.8 Å². The average Bonchev–Trinajstić information content (AvgIpc) is 2.39. The largest absolute Gasteiger partial charge is 0.478 e. The Bertz CT molecular complexity index is 641. The molecule has 2 nitrogen and oxygen atoms in total. The van der Waals surface area contributed by atoms with Gasteiger partial charge in [-0.2, -0.15) is 0 Å². The molecule has 2 rings (SSSR count). The van der Waals surface area contributed by atoms with Crippen LogP contribution in [0.15, 0.2) is 41.3 Å². The number of aromatic carboxylic acids is 1. The van der Waals surface area contributed by atoms with Crippen LogP contribution in [-0.4, -0.2) is 11.1 Å². The Morgan fingerprint density at radius 3 is 2.45 bits per heavy atom. The minimum absolute atomic E-state index is 0.0409. The number of carboxylic acid groups (broad SMARTS) is 1. The zero-order valence-corrected chi connectivity index (χ0v) is 12.4.